The van der Waals surface area contributed by atoms with Gasteiger partial charge >= 0.3 is 0 Å². The molecular formula is C12H17N5. The van der Waals surface area contributed by atoms with Gasteiger partial charge in [0.25, 0.3) is 0 Å². The van der Waals surface area contributed by atoms with Crippen LogP contribution in [0.4, 0.5) is 11.5 Å². The zero-order valence-electron chi connectivity index (χ0n) is 10.4. The van der Waals surface area contributed by atoms with Crippen LogP contribution in [0.25, 0.3) is 0 Å². The quantitative estimate of drug-likeness (QED) is 0.842. The number of nitrogens with two attached hydrogens (primary N) is 1. The number of nitrogens with zero attached hydrogens (tertiary/aromatic N) is 3. The molecule has 0 saturated heterocycles. The number of hydrogen-bond donors (Lipinski definition) is 2. The second-order valence-corrected chi connectivity index (χ2v) is 4.14. The van der Waals surface area contributed by atoms with Crippen LogP contribution in [-0.2, 0) is 13.6 Å². The lowest BCUT2D eigenvalue weighted by Crippen LogP contribution is -2.03. The molecule has 2 aromatic rings. The Morgan fingerprint density at radius 1 is 1.29 bits per heavy atom. The van der Waals surface area contributed by atoms with E-state index >= 15 is 0 Å². The Labute approximate surface area is 101 Å². The van der Waals surface area contributed by atoms with Crippen molar-refractivity contribution in [2.45, 2.75) is 20.4 Å². The summed E-state index contributed by atoms with van der Waals surface area (Å²) < 4.78 is 1.81. The van der Waals surface area contributed by atoms with Crippen LogP contribution in [0.2, 0.25) is 0 Å². The highest BCUT2D eigenvalue weighted by molar-refractivity contribution is 5.49. The van der Waals surface area contributed by atoms with E-state index in [2.05, 4.69) is 15.4 Å². The average molecular weight is 231 g/mol. The zero-order chi connectivity index (χ0) is 12.4. The molecule has 2 heterocycles. The Morgan fingerprint density at radius 3 is 2.65 bits per heavy atom. The Balaban J connectivity index is 2.07. The van der Waals surface area contributed by atoms with E-state index in [4.69, 9.17) is 5.73 Å². The third kappa shape index (κ3) is 2.55. The van der Waals surface area contributed by atoms with Gasteiger partial charge in [0.15, 0.2) is 0 Å². The molecule has 0 aliphatic heterocycles. The van der Waals surface area contributed by atoms with Gasteiger partial charge in [-0.15, -0.1) is 0 Å². The van der Waals surface area contributed by atoms with E-state index in [1.807, 2.05) is 43.9 Å². The molecule has 90 valence electrons. The van der Waals surface area contributed by atoms with Crippen molar-refractivity contribution in [3.8, 4) is 0 Å². The molecule has 0 atom stereocenters. The van der Waals surface area contributed by atoms with Crippen molar-refractivity contribution < 1.29 is 0 Å². The van der Waals surface area contributed by atoms with E-state index in [0.717, 1.165) is 23.8 Å². The molecule has 0 spiro atoms. The van der Waals surface area contributed by atoms with Crippen LogP contribution in [0.15, 0.2) is 18.3 Å². The standard InChI is InChI=1S/C12H17N5/c1-8-10(7-17(3)16-8)6-14-12-5-4-11(13)9(2)15-12/h4-5,7H,6,13H2,1-3H3,(H,14,15). The van der Waals surface area contributed by atoms with E-state index in [-0.39, 0.29) is 0 Å². The fourth-order valence-corrected chi connectivity index (χ4v) is 1.68. The Bertz CT molecular complexity index is 530. The topological polar surface area (TPSA) is 68.8 Å². The highest BCUT2D eigenvalue weighted by Gasteiger charge is 2.03. The van der Waals surface area contributed by atoms with Crippen LogP contribution in [0.1, 0.15) is 17.0 Å². The Morgan fingerprint density at radius 2 is 2.06 bits per heavy atom. The molecule has 0 saturated carbocycles. The molecule has 0 amide bonds. The van der Waals surface area contributed by atoms with Crippen molar-refractivity contribution in [1.82, 2.24) is 14.8 Å². The van der Waals surface area contributed by atoms with Crippen molar-refractivity contribution >= 4 is 11.5 Å². The lowest BCUT2D eigenvalue weighted by atomic mass is 10.2. The summed E-state index contributed by atoms with van der Waals surface area (Å²) in [6.07, 6.45) is 2.01. The summed E-state index contributed by atoms with van der Waals surface area (Å²) in [5.41, 5.74) is 9.49. The van der Waals surface area contributed by atoms with Gasteiger partial charge < -0.3 is 11.1 Å². The molecule has 2 aromatic heterocycles. The summed E-state index contributed by atoms with van der Waals surface area (Å²) in [4.78, 5) is 4.36. The Kier molecular flexibility index (Phi) is 2.99. The minimum absolute atomic E-state index is 0.716. The van der Waals surface area contributed by atoms with Gasteiger partial charge in [0, 0.05) is 25.4 Å². The summed E-state index contributed by atoms with van der Waals surface area (Å²) in [7, 11) is 1.92. The third-order valence-corrected chi connectivity index (χ3v) is 2.70. The van der Waals surface area contributed by atoms with Crippen LogP contribution in [-0.4, -0.2) is 14.8 Å². The molecule has 0 radical (unpaired) electrons. The number of aromatic nitrogens is 3. The SMILES string of the molecule is Cc1nc(NCc2cn(C)nc2C)ccc1N. The van der Waals surface area contributed by atoms with E-state index in [9.17, 15) is 0 Å². The van der Waals surface area contributed by atoms with Crippen molar-refractivity contribution in [3.63, 3.8) is 0 Å². The normalized spacial score (nSPS) is 10.5. The zero-order valence-corrected chi connectivity index (χ0v) is 10.4. The van der Waals surface area contributed by atoms with Gasteiger partial charge in [-0.1, -0.05) is 0 Å². The molecule has 0 bridgehead atoms. The Hall–Kier alpha value is -2.04. The highest BCUT2D eigenvalue weighted by atomic mass is 15.3. The fourth-order valence-electron chi connectivity index (χ4n) is 1.68. The minimum atomic E-state index is 0.716. The summed E-state index contributed by atoms with van der Waals surface area (Å²) in [6, 6.07) is 3.74. The van der Waals surface area contributed by atoms with E-state index < -0.39 is 0 Å². The van der Waals surface area contributed by atoms with Gasteiger partial charge in [0.1, 0.15) is 5.82 Å². The molecule has 3 N–H and O–H groups in total. The number of aryl methyl sites for hydroxylation is 3. The molecule has 0 aliphatic rings. The first-order valence-corrected chi connectivity index (χ1v) is 5.52. The van der Waals surface area contributed by atoms with Crippen molar-refractivity contribution in [2.75, 3.05) is 11.1 Å². The highest BCUT2D eigenvalue weighted by Crippen LogP contribution is 2.13. The predicted octanol–water partition coefficient (Wildman–Crippen LogP) is 1.63. The van der Waals surface area contributed by atoms with Crippen LogP contribution in [0.5, 0.6) is 0 Å². The largest absolute Gasteiger partial charge is 0.397 e. The molecule has 0 fully saturated rings. The number of pyridine rings is 1. The maximum Gasteiger partial charge on any atom is 0.126 e. The van der Waals surface area contributed by atoms with Gasteiger partial charge in [0.05, 0.1) is 17.1 Å². The lowest BCUT2D eigenvalue weighted by molar-refractivity contribution is 0.756. The van der Waals surface area contributed by atoms with E-state index in [1.165, 1.54) is 5.56 Å². The fraction of sp³-hybridized carbons (Fsp3) is 0.333. The molecule has 0 aliphatic carbocycles. The maximum atomic E-state index is 5.72. The van der Waals surface area contributed by atoms with Gasteiger partial charge in [-0.25, -0.2) is 4.98 Å². The second kappa shape index (κ2) is 4.45. The predicted molar refractivity (Wildman–Crippen MR) is 68.7 cm³/mol. The summed E-state index contributed by atoms with van der Waals surface area (Å²) in [5.74, 6) is 0.833. The van der Waals surface area contributed by atoms with Crippen LogP contribution in [0, 0.1) is 13.8 Å². The first-order valence-electron chi connectivity index (χ1n) is 5.52. The van der Waals surface area contributed by atoms with Crippen LogP contribution < -0.4 is 11.1 Å². The van der Waals surface area contributed by atoms with E-state index in [0.29, 0.717) is 5.69 Å². The number of hydrogen-bond acceptors (Lipinski definition) is 4. The van der Waals surface area contributed by atoms with Crippen LogP contribution in [0.3, 0.4) is 0 Å². The number of anilines is 2. The maximum absolute atomic E-state index is 5.72. The van der Waals surface area contributed by atoms with E-state index in [1.54, 1.807) is 0 Å². The summed E-state index contributed by atoms with van der Waals surface area (Å²) in [6.45, 7) is 4.62. The van der Waals surface area contributed by atoms with Crippen molar-refractivity contribution in [2.24, 2.45) is 7.05 Å². The van der Waals surface area contributed by atoms with Crippen molar-refractivity contribution in [3.05, 3.63) is 35.3 Å². The molecule has 2 rings (SSSR count). The smallest absolute Gasteiger partial charge is 0.126 e. The van der Waals surface area contributed by atoms with Gasteiger partial charge in [-0.05, 0) is 26.0 Å². The summed E-state index contributed by atoms with van der Waals surface area (Å²) >= 11 is 0. The number of nitrogens with one attached hydrogen (secondary N) is 1. The minimum Gasteiger partial charge on any atom is -0.397 e. The number of rotatable bonds is 3. The first kappa shape index (κ1) is 11.4. The molecule has 5 heteroatoms. The van der Waals surface area contributed by atoms with Crippen LogP contribution >= 0.6 is 0 Å². The first-order chi connectivity index (χ1) is 8.06. The lowest BCUT2D eigenvalue weighted by Gasteiger charge is -2.06. The van der Waals surface area contributed by atoms with Gasteiger partial charge in [-0.3, -0.25) is 4.68 Å². The summed E-state index contributed by atoms with van der Waals surface area (Å²) in [5, 5.41) is 7.55. The molecule has 0 aromatic carbocycles. The number of nitrogen functional groups attached to an aromatic ring is 1. The van der Waals surface area contributed by atoms with Crippen molar-refractivity contribution in [1.29, 1.82) is 0 Å². The molecule has 5 nitrogen and oxygen atoms in total. The average Bonchev–Trinajstić information content (AvgIpc) is 2.59. The second-order valence-electron chi connectivity index (χ2n) is 4.14. The van der Waals surface area contributed by atoms with Gasteiger partial charge in [0.2, 0.25) is 0 Å². The molecule has 17 heavy (non-hydrogen) atoms. The molecule has 0 unspecified atom stereocenters. The monoisotopic (exact) mass is 231 g/mol. The van der Waals surface area contributed by atoms with Gasteiger partial charge in [-0.2, -0.15) is 5.10 Å². The third-order valence-electron chi connectivity index (χ3n) is 2.70. The molecular weight excluding hydrogens is 214 g/mol.